The summed E-state index contributed by atoms with van der Waals surface area (Å²) in [5.41, 5.74) is 1.86. The lowest BCUT2D eigenvalue weighted by Gasteiger charge is -2.05. The molecule has 0 aliphatic heterocycles. The first-order chi connectivity index (χ1) is 12.8. The molecule has 2 N–H and O–H groups in total. The van der Waals surface area contributed by atoms with Gasteiger partial charge in [0.05, 0.1) is 20.5 Å². The molecule has 27 heavy (non-hydrogen) atoms. The number of benzene rings is 1. The van der Waals surface area contributed by atoms with E-state index in [1.54, 1.807) is 25.3 Å². The second kappa shape index (κ2) is 7.85. The molecule has 3 aromatic rings. The van der Waals surface area contributed by atoms with Crippen LogP contribution < -0.4 is 10.6 Å². The molecular weight excluding hydrogens is 389 g/mol. The molecule has 0 saturated heterocycles. The Balaban J connectivity index is 1.74. The van der Waals surface area contributed by atoms with Gasteiger partial charge in [-0.2, -0.15) is 0 Å². The van der Waals surface area contributed by atoms with E-state index in [-0.39, 0.29) is 16.5 Å². The van der Waals surface area contributed by atoms with Crippen LogP contribution in [0.3, 0.4) is 0 Å². The molecule has 0 unspecified atom stereocenters. The fourth-order valence-corrected chi connectivity index (χ4v) is 3.55. The first-order valence-electron chi connectivity index (χ1n) is 7.94. The fourth-order valence-electron chi connectivity index (χ4n) is 2.34. The van der Waals surface area contributed by atoms with Crippen LogP contribution in [0.25, 0.3) is 0 Å². The highest BCUT2D eigenvalue weighted by molar-refractivity contribution is 7.18. The summed E-state index contributed by atoms with van der Waals surface area (Å²) in [4.78, 5) is 29.4. The minimum absolute atomic E-state index is 0.0178. The largest absolute Gasteiger partial charge is 0.313 e. The number of hydrogen-bond donors (Lipinski definition) is 2. The molecule has 0 saturated carbocycles. The van der Waals surface area contributed by atoms with Crippen molar-refractivity contribution in [3.63, 3.8) is 0 Å². The summed E-state index contributed by atoms with van der Waals surface area (Å²) in [5, 5.41) is 5.91. The quantitative estimate of drug-likeness (QED) is 0.639. The number of carbonyl (C=O) groups is 2. The van der Waals surface area contributed by atoms with Crippen molar-refractivity contribution < 1.29 is 14.0 Å². The zero-order valence-corrected chi connectivity index (χ0v) is 16.0. The van der Waals surface area contributed by atoms with E-state index in [0.29, 0.717) is 21.3 Å². The Bertz CT molecular complexity index is 1020. The van der Waals surface area contributed by atoms with Crippen molar-refractivity contribution in [3.8, 4) is 0 Å². The second-order valence-corrected chi connectivity index (χ2v) is 7.34. The molecule has 5 nitrogen and oxygen atoms in total. The average molecular weight is 404 g/mol. The van der Waals surface area contributed by atoms with E-state index in [4.69, 9.17) is 11.6 Å². The van der Waals surface area contributed by atoms with Crippen LogP contribution in [-0.2, 0) is 0 Å². The van der Waals surface area contributed by atoms with E-state index < -0.39 is 11.7 Å². The Labute approximate surface area is 164 Å². The third-order valence-corrected chi connectivity index (χ3v) is 5.15. The molecule has 2 amide bonds. The predicted octanol–water partition coefficient (Wildman–Crippen LogP) is 5.06. The number of anilines is 2. The normalized spacial score (nSPS) is 10.5. The molecule has 0 bridgehead atoms. The van der Waals surface area contributed by atoms with Crippen LogP contribution in [0, 0.1) is 19.7 Å². The van der Waals surface area contributed by atoms with Crippen LogP contribution >= 0.6 is 22.9 Å². The zero-order chi connectivity index (χ0) is 19.6. The lowest BCUT2D eigenvalue weighted by molar-refractivity contribution is 0.102. The lowest BCUT2D eigenvalue weighted by Crippen LogP contribution is -2.12. The number of pyridine rings is 1. The van der Waals surface area contributed by atoms with Crippen molar-refractivity contribution in [2.75, 3.05) is 10.6 Å². The highest BCUT2D eigenvalue weighted by Gasteiger charge is 2.17. The van der Waals surface area contributed by atoms with Crippen LogP contribution in [0.5, 0.6) is 0 Å². The van der Waals surface area contributed by atoms with E-state index >= 15 is 0 Å². The van der Waals surface area contributed by atoms with E-state index in [1.807, 2.05) is 13.0 Å². The van der Waals surface area contributed by atoms with Crippen LogP contribution in [0.1, 0.15) is 31.2 Å². The monoisotopic (exact) mass is 403 g/mol. The van der Waals surface area contributed by atoms with Gasteiger partial charge in [0.15, 0.2) is 0 Å². The second-order valence-electron chi connectivity index (χ2n) is 5.88. The number of hydrogen-bond acceptors (Lipinski definition) is 4. The van der Waals surface area contributed by atoms with E-state index in [9.17, 15) is 14.0 Å². The molecule has 0 aliphatic rings. The summed E-state index contributed by atoms with van der Waals surface area (Å²) in [6.45, 7) is 3.68. The van der Waals surface area contributed by atoms with Gasteiger partial charge >= 0.3 is 0 Å². The molecule has 0 spiro atoms. The maximum absolute atomic E-state index is 13.1. The number of aromatic nitrogens is 1. The summed E-state index contributed by atoms with van der Waals surface area (Å²) in [5.74, 6) is -0.864. The minimum atomic E-state index is -0.521. The number of rotatable bonds is 4. The minimum Gasteiger partial charge on any atom is -0.313 e. The van der Waals surface area contributed by atoms with E-state index in [1.165, 1.54) is 6.07 Å². The van der Waals surface area contributed by atoms with Crippen molar-refractivity contribution in [1.29, 1.82) is 0 Å². The van der Waals surface area contributed by atoms with Gasteiger partial charge in [-0.25, -0.2) is 9.37 Å². The van der Waals surface area contributed by atoms with Gasteiger partial charge in [-0.3, -0.25) is 9.59 Å². The molecule has 0 fully saturated rings. The van der Waals surface area contributed by atoms with Crippen LogP contribution in [-0.4, -0.2) is 16.8 Å². The van der Waals surface area contributed by atoms with Gasteiger partial charge in [-0.1, -0.05) is 17.7 Å². The number of nitrogens with one attached hydrogen (secondary N) is 2. The standard InChI is InChI=1S/C19H15ClFN3O2S/c1-10-3-6-15(22-9-10)23-19(26)17-11(2)7-16(27-17)24-18(25)13-5-4-12(21)8-14(13)20/h3-9H,1-2H3,(H,24,25)(H,22,23,26). The summed E-state index contributed by atoms with van der Waals surface area (Å²) >= 11 is 7.04. The zero-order valence-electron chi connectivity index (χ0n) is 14.5. The van der Waals surface area contributed by atoms with Gasteiger partial charge in [-0.05, 0) is 55.3 Å². The smallest absolute Gasteiger partial charge is 0.267 e. The van der Waals surface area contributed by atoms with Gasteiger partial charge in [0.2, 0.25) is 0 Å². The third kappa shape index (κ3) is 4.50. The SMILES string of the molecule is Cc1ccc(NC(=O)c2sc(NC(=O)c3ccc(F)cc3Cl)cc2C)nc1. The molecule has 2 aromatic heterocycles. The number of halogens is 2. The van der Waals surface area contributed by atoms with Gasteiger partial charge < -0.3 is 10.6 Å². The third-order valence-electron chi connectivity index (χ3n) is 3.69. The Morgan fingerprint density at radius 2 is 1.85 bits per heavy atom. The average Bonchev–Trinajstić information content (AvgIpc) is 2.97. The summed E-state index contributed by atoms with van der Waals surface area (Å²) in [6.07, 6.45) is 1.66. The molecule has 3 rings (SSSR count). The van der Waals surface area contributed by atoms with Crippen molar-refractivity contribution in [3.05, 3.63) is 75.0 Å². The highest BCUT2D eigenvalue weighted by atomic mass is 35.5. The first kappa shape index (κ1) is 19.0. The topological polar surface area (TPSA) is 71.1 Å². The molecule has 8 heteroatoms. The van der Waals surface area contributed by atoms with Crippen LogP contribution in [0.4, 0.5) is 15.2 Å². The maximum Gasteiger partial charge on any atom is 0.267 e. The fraction of sp³-hybridized carbons (Fsp3) is 0.105. The Hall–Kier alpha value is -2.77. The lowest BCUT2D eigenvalue weighted by atomic mass is 10.2. The maximum atomic E-state index is 13.1. The molecule has 0 radical (unpaired) electrons. The Morgan fingerprint density at radius 3 is 2.52 bits per heavy atom. The van der Waals surface area contributed by atoms with Crippen molar-refractivity contribution in [2.45, 2.75) is 13.8 Å². The Morgan fingerprint density at radius 1 is 1.07 bits per heavy atom. The van der Waals surface area contributed by atoms with Crippen molar-refractivity contribution in [2.24, 2.45) is 0 Å². The summed E-state index contributed by atoms with van der Waals surface area (Å²) < 4.78 is 13.1. The van der Waals surface area contributed by atoms with Gasteiger partial charge in [0, 0.05) is 6.20 Å². The molecule has 0 aliphatic carbocycles. The molecule has 138 valence electrons. The number of thiophene rings is 1. The van der Waals surface area contributed by atoms with E-state index in [2.05, 4.69) is 15.6 Å². The van der Waals surface area contributed by atoms with Crippen LogP contribution in [0.2, 0.25) is 5.02 Å². The molecule has 0 atom stereocenters. The molecular formula is C19H15ClFN3O2S. The van der Waals surface area contributed by atoms with E-state index in [0.717, 1.165) is 29.0 Å². The predicted molar refractivity (Wildman–Crippen MR) is 105 cm³/mol. The summed E-state index contributed by atoms with van der Waals surface area (Å²) in [7, 11) is 0. The number of nitrogens with zero attached hydrogens (tertiary/aromatic N) is 1. The van der Waals surface area contributed by atoms with Crippen LogP contribution in [0.15, 0.2) is 42.6 Å². The first-order valence-corrected chi connectivity index (χ1v) is 9.14. The Kier molecular flexibility index (Phi) is 5.53. The van der Waals surface area contributed by atoms with Gasteiger partial charge in [0.25, 0.3) is 11.8 Å². The molecule has 2 heterocycles. The number of aryl methyl sites for hydroxylation is 2. The number of carbonyl (C=O) groups excluding carboxylic acids is 2. The van der Waals surface area contributed by atoms with Gasteiger partial charge in [-0.15, -0.1) is 11.3 Å². The highest BCUT2D eigenvalue weighted by Crippen LogP contribution is 2.28. The molecule has 1 aromatic carbocycles. The van der Waals surface area contributed by atoms with Crippen molar-refractivity contribution >= 4 is 45.6 Å². The van der Waals surface area contributed by atoms with Gasteiger partial charge in [0.1, 0.15) is 11.6 Å². The summed E-state index contributed by atoms with van der Waals surface area (Å²) in [6, 6.07) is 8.80. The number of amides is 2. The van der Waals surface area contributed by atoms with Crippen molar-refractivity contribution in [1.82, 2.24) is 4.98 Å².